The van der Waals surface area contributed by atoms with Gasteiger partial charge in [-0.3, -0.25) is 4.68 Å². The number of halogens is 3. The lowest BCUT2D eigenvalue weighted by atomic mass is 10.1. The number of alkyl halides is 3. The summed E-state index contributed by atoms with van der Waals surface area (Å²) in [5.74, 6) is -0.00597. The van der Waals surface area contributed by atoms with Crippen LogP contribution in [0.2, 0.25) is 0 Å². The van der Waals surface area contributed by atoms with Gasteiger partial charge >= 0.3 is 5.51 Å². The van der Waals surface area contributed by atoms with Gasteiger partial charge in [0.05, 0.1) is 0 Å². The van der Waals surface area contributed by atoms with E-state index in [1.807, 2.05) is 13.8 Å². The van der Waals surface area contributed by atoms with Crippen LogP contribution >= 0.6 is 11.8 Å². The van der Waals surface area contributed by atoms with Gasteiger partial charge in [0.2, 0.25) is 0 Å². The number of nitrogens with zero attached hydrogens (tertiary/aromatic N) is 2. The average molecular weight is 223 g/mol. The zero-order chi connectivity index (χ0) is 10.9. The van der Waals surface area contributed by atoms with Crippen molar-refractivity contribution in [2.75, 3.05) is 0 Å². The summed E-state index contributed by atoms with van der Waals surface area (Å²) in [5, 5.41) is 3.81. The lowest BCUT2D eigenvalue weighted by Gasteiger charge is -2.09. The van der Waals surface area contributed by atoms with E-state index >= 15 is 0 Å². The van der Waals surface area contributed by atoms with Crippen molar-refractivity contribution in [2.45, 2.75) is 30.3 Å². The minimum atomic E-state index is -4.27. The van der Waals surface area contributed by atoms with E-state index in [1.54, 1.807) is 0 Å². The first-order chi connectivity index (χ1) is 6.31. The molecule has 1 heterocycles. The van der Waals surface area contributed by atoms with Gasteiger partial charge in [-0.2, -0.15) is 18.3 Å². The van der Waals surface area contributed by atoms with E-state index in [9.17, 15) is 13.2 Å². The monoisotopic (exact) mass is 223 g/mol. The second-order valence-corrected chi connectivity index (χ2v) is 4.21. The first-order valence-corrected chi connectivity index (χ1v) is 4.83. The number of aromatic nitrogens is 2. The van der Waals surface area contributed by atoms with Gasteiger partial charge in [0.1, 0.15) is 11.2 Å². The van der Waals surface area contributed by atoms with Crippen LogP contribution in [0.25, 0.3) is 0 Å². The van der Waals surface area contributed by atoms with Crippen LogP contribution in [0.3, 0.4) is 0 Å². The molecule has 0 bridgehead atoms. The molecule has 1 aromatic heterocycles. The summed E-state index contributed by atoms with van der Waals surface area (Å²) in [6.07, 6.45) is 2.59. The molecule has 0 spiro atoms. The van der Waals surface area contributed by atoms with Crippen molar-refractivity contribution in [3.05, 3.63) is 11.8 Å². The molecule has 2 nitrogen and oxygen atoms in total. The predicted molar refractivity (Wildman–Crippen MR) is 48.0 cm³/mol. The van der Waals surface area contributed by atoms with Gasteiger partial charge in [-0.15, -0.1) is 0 Å². The highest BCUT2D eigenvalue weighted by atomic mass is 32.2. The molecule has 1 aromatic rings. The zero-order valence-electron chi connectivity index (χ0n) is 8.01. The van der Waals surface area contributed by atoms with E-state index in [1.165, 1.54) is 11.7 Å². The van der Waals surface area contributed by atoms with Gasteiger partial charge in [0.15, 0.2) is 0 Å². The van der Waals surface area contributed by atoms with Gasteiger partial charge < -0.3 is 0 Å². The highest BCUT2D eigenvalue weighted by Gasteiger charge is 2.32. The first kappa shape index (κ1) is 11.4. The molecule has 1 radical (unpaired) electrons. The number of aryl methyl sites for hydroxylation is 1. The second kappa shape index (κ2) is 3.84. The third kappa shape index (κ3) is 2.67. The quantitative estimate of drug-likeness (QED) is 0.717. The molecule has 0 saturated carbocycles. The van der Waals surface area contributed by atoms with Gasteiger partial charge in [-0.1, -0.05) is 13.8 Å². The van der Waals surface area contributed by atoms with E-state index < -0.39 is 5.51 Å². The largest absolute Gasteiger partial charge is 0.447 e. The molecule has 6 heteroatoms. The highest BCUT2D eigenvalue weighted by Crippen LogP contribution is 2.39. The molecule has 0 atom stereocenters. The Hall–Kier alpha value is -0.650. The predicted octanol–water partition coefficient (Wildman–Crippen LogP) is 2.96. The van der Waals surface area contributed by atoms with Crippen molar-refractivity contribution in [1.29, 1.82) is 0 Å². The number of hydrogen-bond acceptors (Lipinski definition) is 2. The third-order valence-corrected chi connectivity index (χ3v) is 2.54. The lowest BCUT2D eigenvalue weighted by Crippen LogP contribution is -2.04. The smallest absolute Gasteiger partial charge is 0.261 e. The van der Waals surface area contributed by atoms with Crippen LogP contribution < -0.4 is 0 Å². The molecule has 0 saturated heterocycles. The number of hydrogen-bond donors (Lipinski definition) is 0. The molecule has 79 valence electrons. The fourth-order valence-electron chi connectivity index (χ4n) is 1.00. The Morgan fingerprint density at radius 1 is 1.43 bits per heavy atom. The van der Waals surface area contributed by atoms with Crippen LogP contribution in [0.1, 0.15) is 25.3 Å². The van der Waals surface area contributed by atoms with Crippen molar-refractivity contribution in [1.82, 2.24) is 9.78 Å². The third-order valence-electron chi connectivity index (χ3n) is 1.63. The van der Waals surface area contributed by atoms with Crippen molar-refractivity contribution in [2.24, 2.45) is 7.05 Å². The fourth-order valence-corrected chi connectivity index (χ4v) is 1.79. The standard InChI is InChI=1S/C8H10F3N2S/c1-5(2)6-4-12-13(3)7(6)14-8(9,10)11/h5H,1-3H3. The Balaban J connectivity index is 3.00. The molecule has 0 aliphatic heterocycles. The zero-order valence-corrected chi connectivity index (χ0v) is 8.83. The average Bonchev–Trinajstić information content (AvgIpc) is 2.29. The van der Waals surface area contributed by atoms with Crippen molar-refractivity contribution in [3.63, 3.8) is 0 Å². The summed E-state index contributed by atoms with van der Waals surface area (Å²) in [4.78, 5) is 0. The summed E-state index contributed by atoms with van der Waals surface area (Å²) in [6, 6.07) is 0. The summed E-state index contributed by atoms with van der Waals surface area (Å²) in [6.45, 7) is 3.63. The minimum Gasteiger partial charge on any atom is -0.261 e. The molecular weight excluding hydrogens is 213 g/mol. The first-order valence-electron chi connectivity index (χ1n) is 4.01. The molecule has 0 aliphatic rings. The Morgan fingerprint density at radius 2 is 2.00 bits per heavy atom. The maximum atomic E-state index is 12.2. The van der Waals surface area contributed by atoms with E-state index in [0.717, 1.165) is 0 Å². The summed E-state index contributed by atoms with van der Waals surface area (Å²) < 4.78 is 37.7. The Kier molecular flexibility index (Phi) is 3.14. The maximum absolute atomic E-state index is 12.2. The van der Waals surface area contributed by atoms with E-state index in [-0.39, 0.29) is 22.7 Å². The van der Waals surface area contributed by atoms with Gasteiger partial charge in [0, 0.05) is 24.4 Å². The molecule has 0 N–H and O–H groups in total. The molecule has 0 aliphatic carbocycles. The molecule has 0 amide bonds. The van der Waals surface area contributed by atoms with Crippen LogP contribution in [0.15, 0.2) is 5.03 Å². The Labute approximate surface area is 84.5 Å². The van der Waals surface area contributed by atoms with Crippen LogP contribution in [0.5, 0.6) is 0 Å². The van der Waals surface area contributed by atoms with Gasteiger partial charge in [-0.25, -0.2) is 0 Å². The van der Waals surface area contributed by atoms with E-state index in [4.69, 9.17) is 0 Å². The van der Waals surface area contributed by atoms with Crippen LogP contribution in [0.4, 0.5) is 13.2 Å². The molecule has 14 heavy (non-hydrogen) atoms. The number of rotatable bonds is 2. The van der Waals surface area contributed by atoms with Gasteiger partial charge in [0.25, 0.3) is 0 Å². The van der Waals surface area contributed by atoms with Crippen LogP contribution in [-0.2, 0) is 7.05 Å². The van der Waals surface area contributed by atoms with E-state index in [2.05, 4.69) is 11.3 Å². The van der Waals surface area contributed by atoms with Crippen LogP contribution in [-0.4, -0.2) is 15.3 Å². The second-order valence-electron chi connectivity index (χ2n) is 3.16. The van der Waals surface area contributed by atoms with Crippen molar-refractivity contribution < 1.29 is 13.2 Å². The Morgan fingerprint density at radius 3 is 2.43 bits per heavy atom. The fraction of sp³-hybridized carbons (Fsp3) is 0.625. The van der Waals surface area contributed by atoms with Crippen LogP contribution in [0, 0.1) is 6.20 Å². The van der Waals surface area contributed by atoms with Gasteiger partial charge in [-0.05, 0) is 5.92 Å². The summed E-state index contributed by atoms with van der Waals surface area (Å²) in [5.41, 5.74) is -3.76. The SMILES string of the molecule is CC(C)c1[c]nn(C)c1SC(F)(F)F. The molecule has 0 aromatic carbocycles. The molecule has 1 rings (SSSR count). The van der Waals surface area contributed by atoms with E-state index in [0.29, 0.717) is 5.56 Å². The van der Waals surface area contributed by atoms with Crippen molar-refractivity contribution >= 4 is 11.8 Å². The minimum absolute atomic E-state index is 0.00597. The number of thioether (sulfide) groups is 1. The highest BCUT2D eigenvalue weighted by molar-refractivity contribution is 8.00. The topological polar surface area (TPSA) is 17.8 Å². The Bertz CT molecular complexity index is 317. The molecule has 0 fully saturated rings. The lowest BCUT2D eigenvalue weighted by molar-refractivity contribution is -0.0331. The molecule has 0 unspecified atom stereocenters. The normalized spacial score (nSPS) is 12.5. The maximum Gasteiger partial charge on any atom is 0.447 e. The summed E-state index contributed by atoms with van der Waals surface area (Å²) in [7, 11) is 1.48. The van der Waals surface area contributed by atoms with Crippen molar-refractivity contribution in [3.8, 4) is 0 Å². The molecular formula is C8H10F3N2S. The summed E-state index contributed by atoms with van der Waals surface area (Å²) >= 11 is -0.142.